The van der Waals surface area contributed by atoms with Crippen LogP contribution in [0.2, 0.25) is 0 Å². The summed E-state index contributed by atoms with van der Waals surface area (Å²) < 4.78 is 7.63. The molecule has 0 atom stereocenters. The van der Waals surface area contributed by atoms with Gasteiger partial charge in [0, 0.05) is 17.6 Å². The number of aromatic nitrogens is 3. The van der Waals surface area contributed by atoms with Gasteiger partial charge in [-0.25, -0.2) is 0 Å². The normalized spacial score (nSPS) is 10.7. The average molecular weight is 349 g/mol. The maximum atomic E-state index is 11.7. The number of hydrogen-bond acceptors (Lipinski definition) is 4. The summed E-state index contributed by atoms with van der Waals surface area (Å²) in [6, 6.07) is 1.69. The molecule has 0 spiro atoms. The van der Waals surface area contributed by atoms with Gasteiger partial charge in [-0.05, 0) is 37.9 Å². The predicted octanol–water partition coefficient (Wildman–Crippen LogP) is 2.11. The van der Waals surface area contributed by atoms with Crippen LogP contribution in [0.15, 0.2) is 30.5 Å². The molecule has 0 aromatic carbocycles. The van der Waals surface area contributed by atoms with E-state index in [1.807, 2.05) is 0 Å². The van der Waals surface area contributed by atoms with E-state index in [-0.39, 0.29) is 12.1 Å². The fraction of sp³-hybridized carbons (Fsp3) is 0.222. The third-order valence-electron chi connectivity index (χ3n) is 1.89. The van der Waals surface area contributed by atoms with E-state index in [4.69, 9.17) is 4.52 Å². The number of aryl methyl sites for hydroxylation is 1. The molecule has 2 aromatic rings. The third kappa shape index (κ3) is 2.41. The molecule has 0 aliphatic rings. The number of halogens is 2. The van der Waals surface area contributed by atoms with E-state index in [0.717, 1.165) is 4.47 Å². The Hall–Kier alpha value is -0.950. The molecule has 0 aliphatic heterocycles. The topological polar surface area (TPSA) is 60.9 Å². The van der Waals surface area contributed by atoms with Gasteiger partial charge in [0.2, 0.25) is 5.89 Å². The minimum atomic E-state index is -0.134. The summed E-state index contributed by atoms with van der Waals surface area (Å²) in [5.74, 6) is 0.960. The van der Waals surface area contributed by atoms with Gasteiger partial charge in [0.15, 0.2) is 5.82 Å². The zero-order valence-electron chi connectivity index (χ0n) is 8.28. The Labute approximate surface area is 108 Å². The highest BCUT2D eigenvalue weighted by Crippen LogP contribution is 2.13. The van der Waals surface area contributed by atoms with E-state index in [1.54, 1.807) is 19.2 Å². The Morgan fingerprint density at radius 3 is 2.88 bits per heavy atom. The molecule has 0 unspecified atom stereocenters. The first kappa shape index (κ1) is 11.5. The van der Waals surface area contributed by atoms with Crippen LogP contribution in [0.1, 0.15) is 11.7 Å². The molecule has 5 nitrogen and oxygen atoms in total. The first-order chi connectivity index (χ1) is 7.56. The van der Waals surface area contributed by atoms with Crippen LogP contribution in [0.5, 0.6) is 0 Å². The molecule has 2 rings (SSSR count). The summed E-state index contributed by atoms with van der Waals surface area (Å²) in [5.41, 5.74) is -0.134. The Bertz CT molecular complexity index is 576. The number of hydrogen-bond donors (Lipinski definition) is 0. The van der Waals surface area contributed by atoms with Crippen molar-refractivity contribution < 1.29 is 4.52 Å². The summed E-state index contributed by atoms with van der Waals surface area (Å²) >= 11 is 6.50. The van der Waals surface area contributed by atoms with Crippen molar-refractivity contribution in [1.29, 1.82) is 0 Å². The van der Waals surface area contributed by atoms with Gasteiger partial charge in [-0.15, -0.1) is 0 Å². The van der Waals surface area contributed by atoms with Gasteiger partial charge in [-0.2, -0.15) is 4.98 Å². The van der Waals surface area contributed by atoms with Crippen LogP contribution in [0, 0.1) is 6.92 Å². The summed E-state index contributed by atoms with van der Waals surface area (Å²) in [6.45, 7) is 1.99. The van der Waals surface area contributed by atoms with Gasteiger partial charge in [0.05, 0.1) is 11.0 Å². The Morgan fingerprint density at radius 2 is 2.25 bits per heavy atom. The third-order valence-corrected chi connectivity index (χ3v) is 2.89. The Morgan fingerprint density at radius 1 is 1.50 bits per heavy atom. The lowest BCUT2D eigenvalue weighted by atomic mass is 10.4. The fourth-order valence-electron chi connectivity index (χ4n) is 1.24. The molecular formula is C9H7Br2N3O2. The molecule has 0 saturated heterocycles. The lowest BCUT2D eigenvalue weighted by Crippen LogP contribution is -2.21. The van der Waals surface area contributed by atoms with Crippen LogP contribution >= 0.6 is 31.9 Å². The van der Waals surface area contributed by atoms with Gasteiger partial charge in [0.25, 0.3) is 5.56 Å². The minimum Gasteiger partial charge on any atom is -0.340 e. The first-order valence-electron chi connectivity index (χ1n) is 4.41. The first-order valence-corrected chi connectivity index (χ1v) is 5.99. The van der Waals surface area contributed by atoms with Crippen LogP contribution < -0.4 is 5.56 Å². The number of pyridine rings is 1. The lowest BCUT2D eigenvalue weighted by Gasteiger charge is -2.03. The number of rotatable bonds is 2. The standard InChI is InChI=1S/C9H7Br2N3O2/c1-5-12-8(13-16-5)4-14-3-6(10)2-7(11)9(14)15/h2-3H,4H2,1H3. The molecular weight excluding hydrogens is 342 g/mol. The smallest absolute Gasteiger partial charge is 0.265 e. The largest absolute Gasteiger partial charge is 0.340 e. The highest BCUT2D eigenvalue weighted by atomic mass is 79.9. The fourth-order valence-corrected chi connectivity index (χ4v) is 2.50. The molecule has 0 amide bonds. The van der Waals surface area contributed by atoms with Crippen LogP contribution in [0.4, 0.5) is 0 Å². The second-order valence-electron chi connectivity index (χ2n) is 3.17. The van der Waals surface area contributed by atoms with Crippen LogP contribution in [-0.4, -0.2) is 14.7 Å². The van der Waals surface area contributed by atoms with Crippen molar-refractivity contribution in [2.24, 2.45) is 0 Å². The van der Waals surface area contributed by atoms with Crippen molar-refractivity contribution in [3.63, 3.8) is 0 Å². The van der Waals surface area contributed by atoms with Crippen molar-refractivity contribution in [1.82, 2.24) is 14.7 Å². The van der Waals surface area contributed by atoms with E-state index >= 15 is 0 Å². The van der Waals surface area contributed by atoms with Gasteiger partial charge in [0.1, 0.15) is 0 Å². The summed E-state index contributed by atoms with van der Waals surface area (Å²) in [6.07, 6.45) is 1.68. The van der Waals surface area contributed by atoms with Crippen molar-refractivity contribution in [2.45, 2.75) is 13.5 Å². The van der Waals surface area contributed by atoms with Gasteiger partial charge in [-0.1, -0.05) is 5.16 Å². The highest BCUT2D eigenvalue weighted by Gasteiger charge is 2.07. The van der Waals surface area contributed by atoms with Gasteiger partial charge in [-0.3, -0.25) is 4.79 Å². The van der Waals surface area contributed by atoms with E-state index in [1.165, 1.54) is 4.57 Å². The molecule has 16 heavy (non-hydrogen) atoms. The van der Waals surface area contributed by atoms with Crippen LogP contribution in [0.3, 0.4) is 0 Å². The monoisotopic (exact) mass is 347 g/mol. The SMILES string of the molecule is Cc1nc(Cn2cc(Br)cc(Br)c2=O)no1. The molecule has 2 aromatic heterocycles. The second kappa shape index (κ2) is 4.50. The van der Waals surface area contributed by atoms with E-state index in [2.05, 4.69) is 42.0 Å². The average Bonchev–Trinajstić information content (AvgIpc) is 2.60. The maximum absolute atomic E-state index is 11.7. The molecule has 84 valence electrons. The summed E-state index contributed by atoms with van der Waals surface area (Å²) in [5, 5.41) is 3.74. The molecule has 0 aliphatic carbocycles. The van der Waals surface area contributed by atoms with Crippen molar-refractivity contribution in [3.05, 3.63) is 43.3 Å². The highest BCUT2D eigenvalue weighted by molar-refractivity contribution is 9.11. The van der Waals surface area contributed by atoms with Crippen LogP contribution in [-0.2, 0) is 6.54 Å². The molecule has 0 N–H and O–H groups in total. The van der Waals surface area contributed by atoms with Crippen molar-refractivity contribution in [3.8, 4) is 0 Å². The predicted molar refractivity (Wildman–Crippen MR) is 64.2 cm³/mol. The van der Waals surface area contributed by atoms with Gasteiger partial charge < -0.3 is 9.09 Å². The van der Waals surface area contributed by atoms with E-state index < -0.39 is 0 Å². The Kier molecular flexibility index (Phi) is 3.25. The van der Waals surface area contributed by atoms with E-state index in [0.29, 0.717) is 16.2 Å². The van der Waals surface area contributed by atoms with Crippen LogP contribution in [0.25, 0.3) is 0 Å². The molecule has 2 heterocycles. The van der Waals surface area contributed by atoms with Crippen molar-refractivity contribution in [2.75, 3.05) is 0 Å². The quantitative estimate of drug-likeness (QED) is 0.834. The second-order valence-corrected chi connectivity index (χ2v) is 4.94. The summed E-state index contributed by atoms with van der Waals surface area (Å²) in [4.78, 5) is 15.8. The molecule has 7 heteroatoms. The minimum absolute atomic E-state index is 0.134. The van der Waals surface area contributed by atoms with Gasteiger partial charge >= 0.3 is 0 Å². The maximum Gasteiger partial charge on any atom is 0.265 e. The molecule has 0 bridgehead atoms. The number of nitrogens with zero attached hydrogens (tertiary/aromatic N) is 3. The molecule has 0 saturated carbocycles. The van der Waals surface area contributed by atoms with E-state index in [9.17, 15) is 4.79 Å². The molecule has 0 radical (unpaired) electrons. The zero-order valence-corrected chi connectivity index (χ0v) is 11.4. The zero-order chi connectivity index (χ0) is 11.7. The molecule has 0 fully saturated rings. The Balaban J connectivity index is 2.38. The lowest BCUT2D eigenvalue weighted by molar-refractivity contribution is 0.386. The van der Waals surface area contributed by atoms with Crippen molar-refractivity contribution >= 4 is 31.9 Å². The summed E-state index contributed by atoms with van der Waals surface area (Å²) in [7, 11) is 0.